The van der Waals surface area contributed by atoms with Crippen molar-refractivity contribution in [3.05, 3.63) is 55.9 Å². The minimum absolute atomic E-state index is 0.176. The monoisotopic (exact) mass is 278 g/mol. The van der Waals surface area contributed by atoms with Gasteiger partial charge in [-0.25, -0.2) is 0 Å². The summed E-state index contributed by atoms with van der Waals surface area (Å²) >= 11 is 0. The smallest absolute Gasteiger partial charge is 0.299 e. The Morgan fingerprint density at radius 3 is 2.55 bits per heavy atom. The number of aromatic nitrogens is 1. The van der Waals surface area contributed by atoms with Gasteiger partial charge in [-0.1, -0.05) is 5.16 Å². The molecule has 1 heterocycles. The van der Waals surface area contributed by atoms with E-state index in [-0.39, 0.29) is 23.6 Å². The van der Waals surface area contributed by atoms with Gasteiger partial charge in [0.2, 0.25) is 0 Å². The van der Waals surface area contributed by atoms with Gasteiger partial charge in [0, 0.05) is 12.1 Å². The summed E-state index contributed by atoms with van der Waals surface area (Å²) < 4.78 is 4.96. The molecule has 1 aromatic heterocycles. The molecule has 0 unspecified atom stereocenters. The predicted octanol–water partition coefficient (Wildman–Crippen LogP) is 2.41. The first-order valence-electron chi connectivity index (χ1n) is 5.56. The van der Waals surface area contributed by atoms with E-state index in [4.69, 9.17) is 4.52 Å². The molecule has 0 saturated carbocycles. The van der Waals surface area contributed by atoms with E-state index in [1.54, 1.807) is 13.0 Å². The normalized spacial score (nSPS) is 10.2. The number of non-ortho nitro benzene ring substituents is 1. The lowest BCUT2D eigenvalue weighted by Crippen LogP contribution is -2.02. The Morgan fingerprint density at radius 1 is 1.25 bits per heavy atom. The third-order valence-electron chi connectivity index (χ3n) is 2.52. The van der Waals surface area contributed by atoms with Crippen LogP contribution in [0.4, 0.5) is 17.1 Å². The molecular weight excluding hydrogens is 268 g/mol. The number of benzene rings is 1. The number of aryl methyl sites for hydroxylation is 1. The molecule has 1 aromatic carbocycles. The van der Waals surface area contributed by atoms with Crippen LogP contribution in [0.25, 0.3) is 0 Å². The maximum Gasteiger partial charge on any atom is 0.299 e. The SMILES string of the molecule is Cc1cc(CNc2ccc([N+](=O)[O-])cc2[N+](=O)[O-])on1. The van der Waals surface area contributed by atoms with Gasteiger partial charge in [0.15, 0.2) is 5.76 Å². The fourth-order valence-electron chi connectivity index (χ4n) is 1.62. The van der Waals surface area contributed by atoms with Crippen LogP contribution < -0.4 is 5.32 Å². The highest BCUT2D eigenvalue weighted by Gasteiger charge is 2.19. The van der Waals surface area contributed by atoms with E-state index in [0.29, 0.717) is 11.5 Å². The molecule has 2 rings (SSSR count). The lowest BCUT2D eigenvalue weighted by molar-refractivity contribution is -0.393. The highest BCUT2D eigenvalue weighted by molar-refractivity contribution is 5.65. The van der Waals surface area contributed by atoms with Crippen molar-refractivity contribution < 1.29 is 14.4 Å². The lowest BCUT2D eigenvalue weighted by atomic mass is 10.2. The number of anilines is 1. The van der Waals surface area contributed by atoms with Crippen molar-refractivity contribution in [3.63, 3.8) is 0 Å². The van der Waals surface area contributed by atoms with Crippen LogP contribution in [0.15, 0.2) is 28.8 Å². The summed E-state index contributed by atoms with van der Waals surface area (Å²) in [6.07, 6.45) is 0. The van der Waals surface area contributed by atoms with Crippen molar-refractivity contribution in [1.29, 1.82) is 0 Å². The molecule has 0 amide bonds. The Morgan fingerprint density at radius 2 is 2.00 bits per heavy atom. The van der Waals surface area contributed by atoms with E-state index in [1.165, 1.54) is 12.1 Å². The van der Waals surface area contributed by atoms with Crippen molar-refractivity contribution in [3.8, 4) is 0 Å². The second kappa shape index (κ2) is 5.34. The number of hydrogen-bond acceptors (Lipinski definition) is 7. The van der Waals surface area contributed by atoms with Gasteiger partial charge in [0.05, 0.1) is 28.2 Å². The lowest BCUT2D eigenvalue weighted by Gasteiger charge is -2.04. The average Bonchev–Trinajstić information content (AvgIpc) is 2.81. The molecule has 0 spiro atoms. The van der Waals surface area contributed by atoms with Gasteiger partial charge in [-0.3, -0.25) is 20.2 Å². The molecule has 20 heavy (non-hydrogen) atoms. The summed E-state index contributed by atoms with van der Waals surface area (Å²) in [5.41, 5.74) is 0.169. The fourth-order valence-corrected chi connectivity index (χ4v) is 1.62. The summed E-state index contributed by atoms with van der Waals surface area (Å²) in [5, 5.41) is 28.0. The van der Waals surface area contributed by atoms with Crippen molar-refractivity contribution in [1.82, 2.24) is 5.16 Å². The van der Waals surface area contributed by atoms with Crippen molar-refractivity contribution >= 4 is 17.1 Å². The first-order chi connectivity index (χ1) is 9.47. The molecular formula is C11H10N4O5. The average molecular weight is 278 g/mol. The molecule has 1 N–H and O–H groups in total. The molecule has 0 aliphatic heterocycles. The standard InChI is InChI=1S/C11H10N4O5/c1-7-4-9(20-13-7)6-12-10-3-2-8(14(16)17)5-11(10)15(18)19/h2-5,12H,6H2,1H3. The van der Waals surface area contributed by atoms with E-state index >= 15 is 0 Å². The largest absolute Gasteiger partial charge is 0.372 e. The van der Waals surface area contributed by atoms with Crippen LogP contribution in [0.5, 0.6) is 0 Å². The minimum atomic E-state index is -0.684. The second-order valence-corrected chi connectivity index (χ2v) is 4.00. The van der Waals surface area contributed by atoms with Crippen molar-refractivity contribution in [2.75, 3.05) is 5.32 Å². The molecule has 0 aliphatic carbocycles. The fraction of sp³-hybridized carbons (Fsp3) is 0.182. The van der Waals surface area contributed by atoms with Gasteiger partial charge in [-0.05, 0) is 13.0 Å². The van der Waals surface area contributed by atoms with Crippen LogP contribution in [0.3, 0.4) is 0 Å². The minimum Gasteiger partial charge on any atom is -0.372 e. The zero-order valence-corrected chi connectivity index (χ0v) is 10.4. The van der Waals surface area contributed by atoms with Gasteiger partial charge < -0.3 is 9.84 Å². The Bertz CT molecular complexity index is 667. The van der Waals surface area contributed by atoms with Gasteiger partial charge in [0.25, 0.3) is 11.4 Å². The summed E-state index contributed by atoms with van der Waals surface area (Å²) in [5.74, 6) is 0.509. The molecule has 0 atom stereocenters. The Kier molecular flexibility index (Phi) is 3.60. The maximum atomic E-state index is 10.9. The first kappa shape index (κ1) is 13.5. The molecule has 0 saturated heterocycles. The molecule has 0 radical (unpaired) electrons. The molecule has 0 fully saturated rings. The Labute approximate surface area is 112 Å². The molecule has 0 bridgehead atoms. The van der Waals surface area contributed by atoms with Crippen LogP contribution in [0.1, 0.15) is 11.5 Å². The molecule has 0 aliphatic rings. The van der Waals surface area contributed by atoms with E-state index in [1.807, 2.05) is 0 Å². The molecule has 9 nitrogen and oxygen atoms in total. The second-order valence-electron chi connectivity index (χ2n) is 4.00. The zero-order chi connectivity index (χ0) is 14.7. The summed E-state index contributed by atoms with van der Waals surface area (Å²) in [6.45, 7) is 1.95. The van der Waals surface area contributed by atoms with Crippen LogP contribution in [0, 0.1) is 27.2 Å². The predicted molar refractivity (Wildman–Crippen MR) is 68.3 cm³/mol. The summed E-state index contributed by atoms with van der Waals surface area (Å²) in [6, 6.07) is 5.08. The van der Waals surface area contributed by atoms with Gasteiger partial charge >= 0.3 is 0 Å². The highest BCUT2D eigenvalue weighted by Crippen LogP contribution is 2.29. The molecule has 104 valence electrons. The number of hydrogen-bond donors (Lipinski definition) is 1. The number of nitro benzene ring substituents is 2. The quantitative estimate of drug-likeness (QED) is 0.657. The third kappa shape index (κ3) is 2.88. The van der Waals surface area contributed by atoms with Gasteiger partial charge in [-0.15, -0.1) is 0 Å². The number of nitro groups is 2. The van der Waals surface area contributed by atoms with Crippen LogP contribution >= 0.6 is 0 Å². The zero-order valence-electron chi connectivity index (χ0n) is 10.4. The first-order valence-corrected chi connectivity index (χ1v) is 5.56. The van der Waals surface area contributed by atoms with E-state index in [9.17, 15) is 20.2 Å². The van der Waals surface area contributed by atoms with Gasteiger partial charge in [0.1, 0.15) is 5.69 Å². The number of nitrogens with one attached hydrogen (secondary N) is 1. The van der Waals surface area contributed by atoms with E-state index < -0.39 is 9.85 Å². The van der Waals surface area contributed by atoms with Crippen molar-refractivity contribution in [2.45, 2.75) is 13.5 Å². The van der Waals surface area contributed by atoms with Crippen LogP contribution in [0.2, 0.25) is 0 Å². The van der Waals surface area contributed by atoms with Crippen LogP contribution in [-0.4, -0.2) is 15.0 Å². The van der Waals surface area contributed by atoms with Gasteiger partial charge in [-0.2, -0.15) is 0 Å². The number of nitrogens with zero attached hydrogens (tertiary/aromatic N) is 3. The molecule has 9 heteroatoms. The third-order valence-corrected chi connectivity index (χ3v) is 2.52. The Hall–Kier alpha value is -2.97. The Balaban J connectivity index is 2.22. The number of rotatable bonds is 5. The van der Waals surface area contributed by atoms with E-state index in [0.717, 1.165) is 6.07 Å². The summed E-state index contributed by atoms with van der Waals surface area (Å²) in [7, 11) is 0. The van der Waals surface area contributed by atoms with Crippen LogP contribution in [-0.2, 0) is 6.54 Å². The summed E-state index contributed by atoms with van der Waals surface area (Å²) in [4.78, 5) is 20.2. The van der Waals surface area contributed by atoms with E-state index in [2.05, 4.69) is 10.5 Å². The topological polar surface area (TPSA) is 124 Å². The molecule has 2 aromatic rings. The highest BCUT2D eigenvalue weighted by atomic mass is 16.6. The van der Waals surface area contributed by atoms with Crippen molar-refractivity contribution in [2.24, 2.45) is 0 Å². The maximum absolute atomic E-state index is 10.9.